The first-order valence-electron chi connectivity index (χ1n) is 9.30. The summed E-state index contributed by atoms with van der Waals surface area (Å²) in [4.78, 5) is 26.4. The van der Waals surface area contributed by atoms with Gasteiger partial charge < -0.3 is 15.1 Å². The number of carbonyl (C=O) groups excluding carboxylic acids is 1. The summed E-state index contributed by atoms with van der Waals surface area (Å²) in [6.07, 6.45) is 0. The van der Waals surface area contributed by atoms with Gasteiger partial charge in [-0.25, -0.2) is 9.97 Å². The SMILES string of the molecule is CCNc1nc(S[C@@H](C)C(=O)N2CCN(CC)CC2)nc2ccccc12. The lowest BCUT2D eigenvalue weighted by Gasteiger charge is -2.35. The average molecular weight is 374 g/mol. The highest BCUT2D eigenvalue weighted by molar-refractivity contribution is 8.00. The van der Waals surface area contributed by atoms with E-state index in [2.05, 4.69) is 27.1 Å². The summed E-state index contributed by atoms with van der Waals surface area (Å²) in [6.45, 7) is 11.5. The van der Waals surface area contributed by atoms with Crippen LogP contribution in [-0.2, 0) is 4.79 Å². The summed E-state index contributed by atoms with van der Waals surface area (Å²) in [5.74, 6) is 1.00. The van der Waals surface area contributed by atoms with E-state index in [1.165, 1.54) is 11.8 Å². The van der Waals surface area contributed by atoms with Crippen LogP contribution in [0.15, 0.2) is 29.4 Å². The van der Waals surface area contributed by atoms with Crippen LogP contribution in [0, 0.1) is 0 Å². The second-order valence-electron chi connectivity index (χ2n) is 6.42. The predicted molar refractivity (Wildman–Crippen MR) is 108 cm³/mol. The minimum Gasteiger partial charge on any atom is -0.370 e. The summed E-state index contributed by atoms with van der Waals surface area (Å²) in [5.41, 5.74) is 0.900. The number of aromatic nitrogens is 2. The zero-order chi connectivity index (χ0) is 18.5. The number of nitrogens with zero attached hydrogens (tertiary/aromatic N) is 4. The van der Waals surface area contributed by atoms with Gasteiger partial charge in [-0.2, -0.15) is 0 Å². The first-order chi connectivity index (χ1) is 12.6. The summed E-state index contributed by atoms with van der Waals surface area (Å²) >= 11 is 1.44. The van der Waals surface area contributed by atoms with Crippen LogP contribution in [0.4, 0.5) is 5.82 Å². The zero-order valence-electron chi connectivity index (χ0n) is 15.7. The molecule has 3 rings (SSSR count). The number of likely N-dealkylation sites (N-methyl/N-ethyl adjacent to an activating group) is 1. The second-order valence-corrected chi connectivity index (χ2v) is 7.73. The van der Waals surface area contributed by atoms with Gasteiger partial charge in [-0.15, -0.1) is 0 Å². The number of thioether (sulfide) groups is 1. The van der Waals surface area contributed by atoms with Gasteiger partial charge in [0.1, 0.15) is 5.82 Å². The van der Waals surface area contributed by atoms with E-state index < -0.39 is 0 Å². The summed E-state index contributed by atoms with van der Waals surface area (Å²) in [6, 6.07) is 7.96. The standard InChI is InChI=1S/C19H27N5OS/c1-4-20-17-15-8-6-7-9-16(15)21-19(22-17)26-14(3)18(25)24-12-10-23(5-2)11-13-24/h6-9,14H,4-5,10-13H2,1-3H3,(H,20,21,22)/t14-/m0/s1. The number of carbonyl (C=O) groups is 1. The van der Waals surface area contributed by atoms with Gasteiger partial charge >= 0.3 is 0 Å². The number of nitrogens with one attached hydrogen (secondary N) is 1. The van der Waals surface area contributed by atoms with Gasteiger partial charge in [-0.05, 0) is 32.5 Å². The van der Waals surface area contributed by atoms with Crippen molar-refractivity contribution in [2.75, 3.05) is 44.6 Å². The van der Waals surface area contributed by atoms with Crippen LogP contribution in [0.2, 0.25) is 0 Å². The van der Waals surface area contributed by atoms with Crippen LogP contribution >= 0.6 is 11.8 Å². The Balaban J connectivity index is 1.72. The smallest absolute Gasteiger partial charge is 0.235 e. The number of benzene rings is 1. The van der Waals surface area contributed by atoms with Crippen molar-refractivity contribution in [3.63, 3.8) is 0 Å². The first-order valence-corrected chi connectivity index (χ1v) is 10.2. The molecule has 7 heteroatoms. The third kappa shape index (κ3) is 4.27. The lowest BCUT2D eigenvalue weighted by Crippen LogP contribution is -2.50. The van der Waals surface area contributed by atoms with Gasteiger partial charge in [0.05, 0.1) is 10.8 Å². The molecule has 6 nitrogen and oxygen atoms in total. The van der Waals surface area contributed by atoms with Crippen molar-refractivity contribution in [2.45, 2.75) is 31.2 Å². The molecule has 2 heterocycles. The van der Waals surface area contributed by atoms with Crippen molar-refractivity contribution in [1.82, 2.24) is 19.8 Å². The number of amides is 1. The zero-order valence-corrected chi connectivity index (χ0v) is 16.6. The van der Waals surface area contributed by atoms with Crippen molar-refractivity contribution >= 4 is 34.4 Å². The Morgan fingerprint density at radius 1 is 1.19 bits per heavy atom. The molecule has 0 bridgehead atoms. The fourth-order valence-corrected chi connectivity index (χ4v) is 4.02. The van der Waals surface area contributed by atoms with E-state index in [0.717, 1.165) is 56.0 Å². The van der Waals surface area contributed by atoms with Crippen molar-refractivity contribution < 1.29 is 4.79 Å². The Labute approximate surface area is 159 Å². The largest absolute Gasteiger partial charge is 0.370 e. The number of fused-ring (bicyclic) bond motifs is 1. The molecular formula is C19H27N5OS. The van der Waals surface area contributed by atoms with E-state index in [1.807, 2.05) is 43.0 Å². The Kier molecular flexibility index (Phi) is 6.32. The molecule has 0 spiro atoms. The third-order valence-electron chi connectivity index (χ3n) is 4.69. The normalized spacial score (nSPS) is 16.7. The van der Waals surface area contributed by atoms with Crippen molar-refractivity contribution in [2.24, 2.45) is 0 Å². The molecule has 26 heavy (non-hydrogen) atoms. The minimum absolute atomic E-state index is 0.174. The van der Waals surface area contributed by atoms with Gasteiger partial charge in [-0.1, -0.05) is 30.8 Å². The van der Waals surface area contributed by atoms with Gasteiger partial charge in [-0.3, -0.25) is 4.79 Å². The molecule has 1 aliphatic rings. The quantitative estimate of drug-likeness (QED) is 0.621. The molecule has 140 valence electrons. The van der Waals surface area contributed by atoms with Gasteiger partial charge in [0.25, 0.3) is 0 Å². The maximum atomic E-state index is 12.8. The topological polar surface area (TPSA) is 61.4 Å². The van der Waals surface area contributed by atoms with Crippen molar-refractivity contribution in [3.8, 4) is 0 Å². The molecule has 0 unspecified atom stereocenters. The Morgan fingerprint density at radius 3 is 2.62 bits per heavy atom. The second kappa shape index (κ2) is 8.68. The maximum absolute atomic E-state index is 12.8. The highest BCUT2D eigenvalue weighted by Crippen LogP contribution is 2.27. The molecule has 1 amide bonds. The molecular weight excluding hydrogens is 346 g/mol. The average Bonchev–Trinajstić information content (AvgIpc) is 2.67. The van der Waals surface area contributed by atoms with E-state index >= 15 is 0 Å². The van der Waals surface area contributed by atoms with Gasteiger partial charge in [0, 0.05) is 38.1 Å². The van der Waals surface area contributed by atoms with Crippen LogP contribution in [0.3, 0.4) is 0 Å². The molecule has 1 aromatic heterocycles. The van der Waals surface area contributed by atoms with E-state index in [4.69, 9.17) is 0 Å². The van der Waals surface area contributed by atoms with Crippen LogP contribution in [0.5, 0.6) is 0 Å². The first kappa shape index (κ1) is 18.9. The van der Waals surface area contributed by atoms with E-state index in [-0.39, 0.29) is 11.2 Å². The fraction of sp³-hybridized carbons (Fsp3) is 0.526. The molecule has 1 fully saturated rings. The van der Waals surface area contributed by atoms with Gasteiger partial charge in [0.15, 0.2) is 5.16 Å². The number of rotatable bonds is 6. The van der Waals surface area contributed by atoms with Crippen LogP contribution in [0.25, 0.3) is 10.9 Å². The van der Waals surface area contributed by atoms with Crippen LogP contribution < -0.4 is 5.32 Å². The van der Waals surface area contributed by atoms with Crippen LogP contribution in [0.1, 0.15) is 20.8 Å². The van der Waals surface area contributed by atoms with Crippen molar-refractivity contribution in [1.29, 1.82) is 0 Å². The Hall–Kier alpha value is -1.86. The van der Waals surface area contributed by atoms with E-state index in [1.54, 1.807) is 0 Å². The third-order valence-corrected chi connectivity index (χ3v) is 5.64. The lowest BCUT2D eigenvalue weighted by atomic mass is 10.2. The minimum atomic E-state index is -0.196. The molecule has 2 aromatic rings. The molecule has 1 saturated heterocycles. The molecule has 1 N–H and O–H groups in total. The van der Waals surface area contributed by atoms with Gasteiger partial charge in [0.2, 0.25) is 5.91 Å². The van der Waals surface area contributed by atoms with E-state index in [9.17, 15) is 4.79 Å². The number of hydrogen-bond acceptors (Lipinski definition) is 6. The highest BCUT2D eigenvalue weighted by Gasteiger charge is 2.26. The van der Waals surface area contributed by atoms with Crippen LogP contribution in [-0.4, -0.2) is 70.2 Å². The number of anilines is 1. The molecule has 0 saturated carbocycles. The molecule has 0 aliphatic carbocycles. The number of piperazine rings is 1. The van der Waals surface area contributed by atoms with E-state index in [0.29, 0.717) is 5.16 Å². The molecule has 1 atom stereocenters. The highest BCUT2D eigenvalue weighted by atomic mass is 32.2. The maximum Gasteiger partial charge on any atom is 0.235 e. The fourth-order valence-electron chi connectivity index (χ4n) is 3.16. The number of hydrogen-bond donors (Lipinski definition) is 1. The summed E-state index contributed by atoms with van der Waals surface area (Å²) < 4.78 is 0. The molecule has 1 aliphatic heterocycles. The molecule has 0 radical (unpaired) electrons. The Morgan fingerprint density at radius 2 is 1.92 bits per heavy atom. The monoisotopic (exact) mass is 373 g/mol. The predicted octanol–water partition coefficient (Wildman–Crippen LogP) is 2.71. The summed E-state index contributed by atoms with van der Waals surface area (Å²) in [5, 5.41) is 4.76. The molecule has 1 aromatic carbocycles. The lowest BCUT2D eigenvalue weighted by molar-refractivity contribution is -0.132. The van der Waals surface area contributed by atoms with Crippen molar-refractivity contribution in [3.05, 3.63) is 24.3 Å². The number of para-hydroxylation sites is 1. The summed E-state index contributed by atoms with van der Waals surface area (Å²) in [7, 11) is 0. The Bertz CT molecular complexity index is 761.